The maximum atomic E-state index is 13.8. The van der Waals surface area contributed by atoms with Gasteiger partial charge in [0.25, 0.3) is 5.56 Å². The number of Topliss-reactive ketones (excluding diaryl/α,β-unsaturated/α-hetero) is 1. The second kappa shape index (κ2) is 9.28. The number of carbonyl (C=O) groups is 1. The van der Waals surface area contributed by atoms with Crippen LogP contribution in [0.4, 0.5) is 5.69 Å². The summed E-state index contributed by atoms with van der Waals surface area (Å²) in [4.78, 5) is 29.5. The van der Waals surface area contributed by atoms with E-state index in [0.29, 0.717) is 22.3 Å². The van der Waals surface area contributed by atoms with Gasteiger partial charge in [-0.1, -0.05) is 60.1 Å². The number of H-pyrrole nitrogens is 1. The smallest absolute Gasteiger partial charge is 0.263 e. The average molecular weight is 483 g/mol. The topological polar surface area (TPSA) is 82.2 Å². The first-order chi connectivity index (χ1) is 16.9. The molecule has 0 radical (unpaired) electrons. The van der Waals surface area contributed by atoms with Crippen molar-refractivity contribution in [1.29, 1.82) is 0 Å². The van der Waals surface area contributed by atoms with E-state index in [1.54, 1.807) is 24.3 Å². The standard InChI is InChI=1S/C29H23ClN2O3/c1-17-6-13-23-24(14-17)32-29(35)26(27(23)33)28(34)25(15-18-7-10-21(30)11-8-18)31-22-12-9-19-4-2-3-5-20(19)16-22/h2-14,16,25,31H,15H2,1H3,(H2,32,33,35). The quantitative estimate of drug-likeness (QED) is 0.250. The van der Waals surface area contributed by atoms with Crippen LogP contribution >= 0.6 is 11.6 Å². The third kappa shape index (κ3) is 4.63. The second-order valence-electron chi connectivity index (χ2n) is 8.68. The number of carbonyl (C=O) groups excluding carboxylic acids is 1. The highest BCUT2D eigenvalue weighted by Crippen LogP contribution is 2.28. The molecule has 5 nitrogen and oxygen atoms in total. The molecule has 5 rings (SSSR count). The van der Waals surface area contributed by atoms with Crippen LogP contribution < -0.4 is 10.9 Å². The number of aromatic amines is 1. The van der Waals surface area contributed by atoms with Gasteiger partial charge in [0.2, 0.25) is 0 Å². The highest BCUT2D eigenvalue weighted by Gasteiger charge is 2.27. The Bertz CT molecular complexity index is 1620. The van der Waals surface area contributed by atoms with Crippen LogP contribution in [0.3, 0.4) is 0 Å². The molecule has 174 valence electrons. The van der Waals surface area contributed by atoms with Crippen LogP contribution in [0.25, 0.3) is 21.7 Å². The summed E-state index contributed by atoms with van der Waals surface area (Å²) >= 11 is 6.04. The summed E-state index contributed by atoms with van der Waals surface area (Å²) in [6, 6.07) is 25.5. The summed E-state index contributed by atoms with van der Waals surface area (Å²) in [5.74, 6) is -0.801. The first-order valence-electron chi connectivity index (χ1n) is 11.3. The number of halogens is 1. The number of rotatable bonds is 6. The Kier molecular flexibility index (Phi) is 6.01. The number of pyridine rings is 1. The third-order valence-electron chi connectivity index (χ3n) is 6.15. The van der Waals surface area contributed by atoms with Crippen molar-refractivity contribution in [2.75, 3.05) is 5.32 Å². The summed E-state index contributed by atoms with van der Waals surface area (Å²) in [5, 5.41) is 17.4. The Morgan fingerprint density at radius 2 is 1.71 bits per heavy atom. The van der Waals surface area contributed by atoms with Crippen molar-refractivity contribution >= 4 is 44.7 Å². The largest absolute Gasteiger partial charge is 0.506 e. The molecule has 35 heavy (non-hydrogen) atoms. The van der Waals surface area contributed by atoms with E-state index in [2.05, 4.69) is 10.3 Å². The lowest BCUT2D eigenvalue weighted by Crippen LogP contribution is -2.35. The van der Waals surface area contributed by atoms with Gasteiger partial charge in [0.15, 0.2) is 5.78 Å². The number of aryl methyl sites for hydroxylation is 1. The number of nitrogens with one attached hydrogen (secondary N) is 2. The van der Waals surface area contributed by atoms with E-state index in [1.807, 2.05) is 67.6 Å². The predicted octanol–water partition coefficient (Wildman–Crippen LogP) is 6.25. The van der Waals surface area contributed by atoms with Crippen molar-refractivity contribution in [1.82, 2.24) is 4.98 Å². The zero-order valence-electron chi connectivity index (χ0n) is 19.0. The number of anilines is 1. The van der Waals surface area contributed by atoms with Crippen LogP contribution in [0.2, 0.25) is 5.02 Å². The van der Waals surface area contributed by atoms with Gasteiger partial charge < -0.3 is 15.4 Å². The van der Waals surface area contributed by atoms with Crippen molar-refractivity contribution in [3.63, 3.8) is 0 Å². The Labute approximate surface area is 207 Å². The van der Waals surface area contributed by atoms with E-state index >= 15 is 0 Å². The van der Waals surface area contributed by atoms with Crippen LogP contribution in [0.5, 0.6) is 5.75 Å². The molecule has 0 fully saturated rings. The van der Waals surface area contributed by atoms with Gasteiger partial charge in [0.05, 0.1) is 11.6 Å². The van der Waals surface area contributed by atoms with E-state index in [-0.39, 0.29) is 11.3 Å². The summed E-state index contributed by atoms with van der Waals surface area (Å²) < 4.78 is 0. The van der Waals surface area contributed by atoms with Gasteiger partial charge in [-0.05, 0) is 65.2 Å². The number of fused-ring (bicyclic) bond motifs is 2. The molecular formula is C29H23ClN2O3. The van der Waals surface area contributed by atoms with Gasteiger partial charge in [-0.25, -0.2) is 0 Å². The molecular weight excluding hydrogens is 460 g/mol. The molecule has 1 heterocycles. The fourth-order valence-corrected chi connectivity index (χ4v) is 4.47. The average Bonchev–Trinajstić information content (AvgIpc) is 2.84. The molecule has 5 aromatic rings. The zero-order chi connectivity index (χ0) is 24.5. The maximum absolute atomic E-state index is 13.8. The number of aromatic hydroxyl groups is 1. The second-order valence-corrected chi connectivity index (χ2v) is 9.12. The van der Waals surface area contributed by atoms with Gasteiger partial charge >= 0.3 is 0 Å². The van der Waals surface area contributed by atoms with Crippen molar-refractivity contribution in [2.45, 2.75) is 19.4 Å². The lowest BCUT2D eigenvalue weighted by Gasteiger charge is -2.20. The lowest BCUT2D eigenvalue weighted by atomic mass is 9.96. The van der Waals surface area contributed by atoms with E-state index in [0.717, 1.165) is 27.6 Å². The van der Waals surface area contributed by atoms with Gasteiger partial charge in [-0.2, -0.15) is 0 Å². The molecule has 1 atom stereocenters. The van der Waals surface area contributed by atoms with Crippen molar-refractivity contribution in [3.8, 4) is 5.75 Å². The number of benzene rings is 4. The van der Waals surface area contributed by atoms with E-state index in [9.17, 15) is 14.7 Å². The minimum Gasteiger partial charge on any atom is -0.506 e. The van der Waals surface area contributed by atoms with Crippen LogP contribution in [-0.2, 0) is 6.42 Å². The predicted molar refractivity (Wildman–Crippen MR) is 142 cm³/mol. The monoisotopic (exact) mass is 482 g/mol. The molecule has 0 aliphatic rings. The van der Waals surface area contributed by atoms with Crippen LogP contribution in [-0.4, -0.2) is 21.9 Å². The molecule has 0 spiro atoms. The molecule has 1 aromatic heterocycles. The number of aromatic nitrogens is 1. The van der Waals surface area contributed by atoms with E-state index in [1.165, 1.54) is 0 Å². The minimum atomic E-state index is -0.799. The van der Waals surface area contributed by atoms with Crippen LogP contribution in [0.1, 0.15) is 21.5 Å². The molecule has 3 N–H and O–H groups in total. The molecule has 1 unspecified atom stereocenters. The molecule has 0 amide bonds. The molecule has 4 aromatic carbocycles. The first-order valence-corrected chi connectivity index (χ1v) is 11.7. The van der Waals surface area contributed by atoms with E-state index < -0.39 is 17.4 Å². The lowest BCUT2D eigenvalue weighted by molar-refractivity contribution is 0.0965. The van der Waals surface area contributed by atoms with Gasteiger partial charge in [0.1, 0.15) is 11.3 Å². The molecule has 6 heteroatoms. The number of hydrogen-bond donors (Lipinski definition) is 3. The summed E-state index contributed by atoms with van der Waals surface area (Å²) in [6.45, 7) is 1.89. The highest BCUT2D eigenvalue weighted by molar-refractivity contribution is 6.30. The zero-order valence-corrected chi connectivity index (χ0v) is 19.8. The summed E-state index contributed by atoms with van der Waals surface area (Å²) in [5.41, 5.74) is 2.16. The van der Waals surface area contributed by atoms with Crippen molar-refractivity contribution < 1.29 is 9.90 Å². The van der Waals surface area contributed by atoms with Crippen molar-refractivity contribution in [2.24, 2.45) is 0 Å². The van der Waals surface area contributed by atoms with Crippen LogP contribution in [0, 0.1) is 6.92 Å². The minimum absolute atomic E-state index is 0.256. The summed E-state index contributed by atoms with van der Waals surface area (Å²) in [7, 11) is 0. The highest BCUT2D eigenvalue weighted by atomic mass is 35.5. The Balaban J connectivity index is 1.57. The van der Waals surface area contributed by atoms with E-state index in [4.69, 9.17) is 11.6 Å². The number of ketones is 1. The van der Waals surface area contributed by atoms with Crippen LogP contribution in [0.15, 0.2) is 89.7 Å². The molecule has 0 bridgehead atoms. The van der Waals surface area contributed by atoms with Gasteiger partial charge in [-0.15, -0.1) is 0 Å². The molecule has 0 aliphatic heterocycles. The maximum Gasteiger partial charge on any atom is 0.263 e. The first kappa shape index (κ1) is 22.7. The Morgan fingerprint density at radius 1 is 0.971 bits per heavy atom. The molecule has 0 saturated carbocycles. The van der Waals surface area contributed by atoms with Gasteiger partial charge in [0, 0.05) is 22.5 Å². The van der Waals surface area contributed by atoms with Crippen molar-refractivity contribution in [3.05, 3.63) is 117 Å². The SMILES string of the molecule is Cc1ccc2c(O)c(C(=O)C(Cc3ccc(Cl)cc3)Nc3ccc4ccccc4c3)c(=O)[nH]c2c1. The molecule has 0 aliphatic carbocycles. The fourth-order valence-electron chi connectivity index (χ4n) is 4.34. The Hall–Kier alpha value is -4.09. The molecule has 0 saturated heterocycles. The summed E-state index contributed by atoms with van der Waals surface area (Å²) in [6.07, 6.45) is 0.299. The fraction of sp³-hybridized carbons (Fsp3) is 0.103. The van der Waals surface area contributed by atoms with Gasteiger partial charge in [-0.3, -0.25) is 9.59 Å². The third-order valence-corrected chi connectivity index (χ3v) is 6.40. The Morgan fingerprint density at radius 3 is 2.49 bits per heavy atom. The normalized spacial score (nSPS) is 12.1. The number of hydrogen-bond acceptors (Lipinski definition) is 4.